The summed E-state index contributed by atoms with van der Waals surface area (Å²) in [4.78, 5) is 7.40. The van der Waals surface area contributed by atoms with Crippen molar-refractivity contribution in [2.75, 3.05) is 5.32 Å². The molecule has 0 aliphatic carbocycles. The second-order valence-corrected chi connectivity index (χ2v) is 5.65. The lowest BCUT2D eigenvalue weighted by atomic mass is 10.2. The minimum Gasteiger partial charge on any atom is -0.457 e. The highest BCUT2D eigenvalue weighted by molar-refractivity contribution is 5.83. The fourth-order valence-electron chi connectivity index (χ4n) is 2.60. The minimum absolute atomic E-state index is 0.216. The molecule has 0 saturated carbocycles. The molecule has 0 saturated heterocycles. The number of nitrogens with zero attached hydrogens (tertiary/aromatic N) is 2. The Bertz CT molecular complexity index is 1110. The van der Waals surface area contributed by atoms with Crippen LogP contribution in [0.4, 0.5) is 15.9 Å². The van der Waals surface area contributed by atoms with E-state index in [-0.39, 0.29) is 11.5 Å². The molecular weight excluding hydrogens is 331 g/mol. The first-order chi connectivity index (χ1) is 12.7. The van der Waals surface area contributed by atoms with Crippen LogP contribution in [-0.4, -0.2) is 9.97 Å². The second-order valence-electron chi connectivity index (χ2n) is 5.65. The van der Waals surface area contributed by atoms with Gasteiger partial charge < -0.3 is 15.0 Å². The predicted octanol–water partition coefficient (Wildman–Crippen LogP) is 5.11. The zero-order valence-electron chi connectivity index (χ0n) is 13.5. The van der Waals surface area contributed by atoms with E-state index in [4.69, 9.17) is 4.74 Å². The van der Waals surface area contributed by atoms with Crippen LogP contribution in [0.5, 0.6) is 11.5 Å². The fraction of sp³-hybridized carbons (Fsp3) is 0. The van der Waals surface area contributed by atoms with Crippen molar-refractivity contribution in [2.24, 2.45) is 0 Å². The van der Waals surface area contributed by atoms with Gasteiger partial charge in [-0.05, 0) is 47.9 Å². The summed E-state index contributed by atoms with van der Waals surface area (Å²) in [6, 6.07) is 18.8. The number of rotatable bonds is 4. The van der Waals surface area contributed by atoms with Crippen molar-refractivity contribution >= 4 is 22.4 Å². The average Bonchev–Trinajstić information content (AvgIpc) is 3.11. The van der Waals surface area contributed by atoms with Crippen molar-refractivity contribution in [3.63, 3.8) is 0 Å². The van der Waals surface area contributed by atoms with Crippen LogP contribution in [0.25, 0.3) is 10.9 Å². The third-order valence-corrected chi connectivity index (χ3v) is 3.79. The maximum atomic E-state index is 13.0. The number of ether oxygens (including phenoxy) is 1. The minimum atomic E-state index is -0.341. The van der Waals surface area contributed by atoms with E-state index >= 15 is 0 Å². The van der Waals surface area contributed by atoms with Crippen molar-refractivity contribution in [2.45, 2.75) is 0 Å². The highest BCUT2D eigenvalue weighted by atomic mass is 19.1. The zero-order valence-corrected chi connectivity index (χ0v) is 13.5. The average molecular weight is 344 g/mol. The van der Waals surface area contributed by atoms with Gasteiger partial charge in [-0.2, -0.15) is 5.26 Å². The third-order valence-electron chi connectivity index (χ3n) is 3.79. The van der Waals surface area contributed by atoms with Crippen molar-refractivity contribution in [1.29, 1.82) is 5.26 Å². The standard InChI is InChI=1S/C20H13FN4O/c21-14-2-5-17(6-3-14)26-18-9-16(12-22)25-20(11-18)24-15-4-1-13-7-8-23-19(13)10-15/h1-11,23H,(H,24,25). The lowest BCUT2D eigenvalue weighted by Crippen LogP contribution is -1.97. The number of aromatic nitrogens is 2. The molecule has 2 aromatic carbocycles. The summed E-state index contributed by atoms with van der Waals surface area (Å²) in [5.41, 5.74) is 2.04. The van der Waals surface area contributed by atoms with Gasteiger partial charge in [0.1, 0.15) is 34.9 Å². The molecule has 0 amide bonds. The van der Waals surface area contributed by atoms with E-state index < -0.39 is 0 Å². The SMILES string of the molecule is N#Cc1cc(Oc2ccc(F)cc2)cc(Nc2ccc3cc[nH]c3c2)n1. The normalized spacial score (nSPS) is 10.5. The summed E-state index contributed by atoms with van der Waals surface area (Å²) < 4.78 is 18.7. The number of aromatic amines is 1. The topological polar surface area (TPSA) is 73.7 Å². The molecular formula is C20H13FN4O. The van der Waals surface area contributed by atoms with E-state index in [2.05, 4.69) is 15.3 Å². The molecule has 26 heavy (non-hydrogen) atoms. The lowest BCUT2D eigenvalue weighted by molar-refractivity contribution is 0.480. The van der Waals surface area contributed by atoms with Crippen LogP contribution < -0.4 is 10.1 Å². The van der Waals surface area contributed by atoms with Crippen molar-refractivity contribution in [3.05, 3.63) is 78.4 Å². The molecule has 0 fully saturated rings. The van der Waals surface area contributed by atoms with Crippen molar-refractivity contribution < 1.29 is 9.13 Å². The molecule has 0 radical (unpaired) electrons. The van der Waals surface area contributed by atoms with Crippen LogP contribution >= 0.6 is 0 Å². The third kappa shape index (κ3) is 3.32. The van der Waals surface area contributed by atoms with Gasteiger partial charge in [0.15, 0.2) is 0 Å². The predicted molar refractivity (Wildman–Crippen MR) is 97.0 cm³/mol. The highest BCUT2D eigenvalue weighted by Gasteiger charge is 2.06. The van der Waals surface area contributed by atoms with E-state index in [0.717, 1.165) is 16.6 Å². The lowest BCUT2D eigenvalue weighted by Gasteiger charge is -2.10. The Kier molecular flexibility index (Phi) is 3.96. The van der Waals surface area contributed by atoms with Gasteiger partial charge in [0.2, 0.25) is 0 Å². The Morgan fingerprint density at radius 1 is 1.00 bits per heavy atom. The smallest absolute Gasteiger partial charge is 0.146 e. The van der Waals surface area contributed by atoms with E-state index in [1.54, 1.807) is 6.07 Å². The maximum absolute atomic E-state index is 13.0. The number of nitriles is 1. The number of H-pyrrole nitrogens is 1. The molecule has 2 N–H and O–H groups in total. The Hall–Kier alpha value is -3.85. The van der Waals surface area contributed by atoms with Crippen LogP contribution in [0.3, 0.4) is 0 Å². The van der Waals surface area contributed by atoms with E-state index in [9.17, 15) is 9.65 Å². The molecule has 0 unspecified atom stereocenters. The second kappa shape index (κ2) is 6.57. The van der Waals surface area contributed by atoms with Gasteiger partial charge in [0, 0.05) is 29.5 Å². The number of halogens is 1. The van der Waals surface area contributed by atoms with E-state index in [1.807, 2.05) is 36.5 Å². The fourth-order valence-corrected chi connectivity index (χ4v) is 2.60. The molecule has 4 rings (SSSR count). The number of fused-ring (bicyclic) bond motifs is 1. The quantitative estimate of drug-likeness (QED) is 0.539. The zero-order chi connectivity index (χ0) is 17.9. The van der Waals surface area contributed by atoms with Crippen molar-refractivity contribution in [3.8, 4) is 17.6 Å². The molecule has 0 atom stereocenters. The molecule has 4 aromatic rings. The first-order valence-electron chi connectivity index (χ1n) is 7.89. The van der Waals surface area contributed by atoms with E-state index in [0.29, 0.717) is 17.3 Å². The van der Waals surface area contributed by atoms with Crippen molar-refractivity contribution in [1.82, 2.24) is 9.97 Å². The maximum Gasteiger partial charge on any atom is 0.146 e. The molecule has 5 nitrogen and oxygen atoms in total. The molecule has 6 heteroatoms. The summed E-state index contributed by atoms with van der Waals surface area (Å²) in [6.07, 6.45) is 1.87. The van der Waals surface area contributed by atoms with Crippen LogP contribution in [0, 0.1) is 17.1 Å². The van der Waals surface area contributed by atoms with Gasteiger partial charge in [0.05, 0.1) is 0 Å². The number of hydrogen-bond acceptors (Lipinski definition) is 4. The van der Waals surface area contributed by atoms with Crippen LogP contribution in [0.2, 0.25) is 0 Å². The van der Waals surface area contributed by atoms with Gasteiger partial charge in [-0.15, -0.1) is 0 Å². The molecule has 126 valence electrons. The Balaban J connectivity index is 1.62. The molecule has 0 spiro atoms. The first kappa shape index (κ1) is 15.7. The number of hydrogen-bond donors (Lipinski definition) is 2. The highest BCUT2D eigenvalue weighted by Crippen LogP contribution is 2.27. The van der Waals surface area contributed by atoms with Gasteiger partial charge in [-0.25, -0.2) is 9.37 Å². The molecule has 0 aliphatic rings. The molecule has 0 aliphatic heterocycles. The first-order valence-corrected chi connectivity index (χ1v) is 7.89. The number of benzene rings is 2. The number of nitrogens with one attached hydrogen (secondary N) is 2. The van der Waals surface area contributed by atoms with Crippen LogP contribution in [0.1, 0.15) is 5.69 Å². The monoisotopic (exact) mass is 344 g/mol. The molecule has 2 aromatic heterocycles. The summed E-state index contributed by atoms with van der Waals surface area (Å²) in [7, 11) is 0. The summed E-state index contributed by atoms with van der Waals surface area (Å²) >= 11 is 0. The van der Waals surface area contributed by atoms with E-state index in [1.165, 1.54) is 30.3 Å². The number of pyridine rings is 1. The Morgan fingerprint density at radius 3 is 2.65 bits per heavy atom. The van der Waals surface area contributed by atoms with Crippen LogP contribution in [0.15, 0.2) is 66.9 Å². The van der Waals surface area contributed by atoms with Gasteiger partial charge in [0.25, 0.3) is 0 Å². The molecule has 0 bridgehead atoms. The molecule has 2 heterocycles. The Labute approximate surface area is 148 Å². The summed E-state index contributed by atoms with van der Waals surface area (Å²) in [5, 5.41) is 13.5. The largest absolute Gasteiger partial charge is 0.457 e. The van der Waals surface area contributed by atoms with Gasteiger partial charge >= 0.3 is 0 Å². The van der Waals surface area contributed by atoms with Gasteiger partial charge in [-0.3, -0.25) is 0 Å². The number of anilines is 2. The van der Waals surface area contributed by atoms with Gasteiger partial charge in [-0.1, -0.05) is 6.07 Å². The van der Waals surface area contributed by atoms with Crippen LogP contribution in [-0.2, 0) is 0 Å². The summed E-state index contributed by atoms with van der Waals surface area (Å²) in [6.45, 7) is 0. The summed E-state index contributed by atoms with van der Waals surface area (Å²) in [5.74, 6) is 1.05. The Morgan fingerprint density at radius 2 is 1.85 bits per heavy atom.